The number of esters is 1. The van der Waals surface area contributed by atoms with Gasteiger partial charge in [-0.05, 0) is 37.1 Å². The van der Waals surface area contributed by atoms with E-state index in [-0.39, 0.29) is 5.70 Å². The van der Waals surface area contributed by atoms with Crippen molar-refractivity contribution in [1.29, 1.82) is 0 Å². The third-order valence-electron chi connectivity index (χ3n) is 2.23. The van der Waals surface area contributed by atoms with E-state index in [2.05, 4.69) is 10.1 Å². The fourth-order valence-corrected chi connectivity index (χ4v) is 1.55. The number of methoxy groups -OCH3 is 1. The minimum absolute atomic E-state index is 0.00755. The number of nitrogens with two attached hydrogens (primary N) is 1. The minimum Gasteiger partial charge on any atom is -0.466 e. The molecule has 1 aromatic rings. The monoisotopic (exact) mass is 248 g/mol. The summed E-state index contributed by atoms with van der Waals surface area (Å²) in [6, 6.07) is 5.70. The first-order chi connectivity index (χ1) is 8.42. The maximum Gasteiger partial charge on any atom is 0.332 e. The lowest BCUT2D eigenvalue weighted by molar-refractivity contribution is -0.135. The highest BCUT2D eigenvalue weighted by Gasteiger charge is 2.09. The SMILES string of the molecule is COC(=O)/C=C(\Nc1cc(C)cc(C)c1)C(N)=O. The summed E-state index contributed by atoms with van der Waals surface area (Å²) in [6.45, 7) is 3.87. The Morgan fingerprint density at radius 2 is 1.78 bits per heavy atom. The Balaban J connectivity index is 3.00. The van der Waals surface area contributed by atoms with Crippen LogP contribution in [-0.2, 0) is 14.3 Å². The van der Waals surface area contributed by atoms with Crippen molar-refractivity contribution in [3.05, 3.63) is 41.1 Å². The van der Waals surface area contributed by atoms with Crippen molar-refractivity contribution in [1.82, 2.24) is 0 Å². The predicted octanol–water partition coefficient (Wildman–Crippen LogP) is 1.26. The molecule has 3 N–H and O–H groups in total. The standard InChI is InChI=1S/C13H16N2O3/c1-8-4-9(2)6-10(5-8)15-11(13(14)17)7-12(16)18-3/h4-7,15H,1-3H3,(H2,14,17)/b11-7-. The van der Waals surface area contributed by atoms with Gasteiger partial charge in [-0.1, -0.05) is 6.07 Å². The second-order valence-electron chi connectivity index (χ2n) is 3.95. The van der Waals surface area contributed by atoms with Crippen LogP contribution in [0.1, 0.15) is 11.1 Å². The fraction of sp³-hybridized carbons (Fsp3) is 0.231. The van der Waals surface area contributed by atoms with Crippen molar-refractivity contribution < 1.29 is 14.3 Å². The summed E-state index contributed by atoms with van der Waals surface area (Å²) in [5.74, 6) is -1.36. The molecule has 96 valence electrons. The van der Waals surface area contributed by atoms with Crippen LogP contribution in [0.4, 0.5) is 5.69 Å². The van der Waals surface area contributed by atoms with Crippen molar-refractivity contribution in [2.24, 2.45) is 5.73 Å². The number of benzene rings is 1. The van der Waals surface area contributed by atoms with Gasteiger partial charge in [0.25, 0.3) is 5.91 Å². The maximum absolute atomic E-state index is 11.2. The molecule has 0 aliphatic heterocycles. The quantitative estimate of drug-likeness (QED) is 0.620. The van der Waals surface area contributed by atoms with Crippen LogP contribution in [0.2, 0.25) is 0 Å². The van der Waals surface area contributed by atoms with Crippen LogP contribution in [0.3, 0.4) is 0 Å². The molecule has 5 nitrogen and oxygen atoms in total. The Bertz CT molecular complexity index is 487. The number of rotatable bonds is 4. The molecule has 0 saturated heterocycles. The van der Waals surface area contributed by atoms with E-state index in [1.807, 2.05) is 32.0 Å². The highest BCUT2D eigenvalue weighted by Crippen LogP contribution is 2.15. The predicted molar refractivity (Wildman–Crippen MR) is 68.8 cm³/mol. The summed E-state index contributed by atoms with van der Waals surface area (Å²) in [5.41, 5.74) is 7.96. The zero-order valence-corrected chi connectivity index (χ0v) is 10.6. The van der Waals surface area contributed by atoms with Gasteiger partial charge in [-0.3, -0.25) is 4.79 Å². The first-order valence-corrected chi connectivity index (χ1v) is 5.37. The fourth-order valence-electron chi connectivity index (χ4n) is 1.55. The smallest absolute Gasteiger partial charge is 0.332 e. The number of carbonyl (C=O) groups is 2. The van der Waals surface area contributed by atoms with Crippen molar-refractivity contribution in [2.75, 3.05) is 12.4 Å². The number of amides is 1. The van der Waals surface area contributed by atoms with Gasteiger partial charge < -0.3 is 15.8 Å². The molecule has 0 atom stereocenters. The second-order valence-corrected chi connectivity index (χ2v) is 3.95. The van der Waals surface area contributed by atoms with Gasteiger partial charge in [-0.15, -0.1) is 0 Å². The van der Waals surface area contributed by atoms with Crippen molar-refractivity contribution in [3.63, 3.8) is 0 Å². The highest BCUT2D eigenvalue weighted by atomic mass is 16.5. The van der Waals surface area contributed by atoms with Crippen LogP contribution < -0.4 is 11.1 Å². The lowest BCUT2D eigenvalue weighted by Gasteiger charge is -2.09. The van der Waals surface area contributed by atoms with Crippen molar-refractivity contribution in [3.8, 4) is 0 Å². The maximum atomic E-state index is 11.2. The van der Waals surface area contributed by atoms with Gasteiger partial charge in [-0.25, -0.2) is 4.79 Å². The van der Waals surface area contributed by atoms with Gasteiger partial charge in [0.15, 0.2) is 0 Å². The first kappa shape index (κ1) is 13.8. The van der Waals surface area contributed by atoms with Crippen LogP contribution in [0, 0.1) is 13.8 Å². The van der Waals surface area contributed by atoms with Gasteiger partial charge in [0.1, 0.15) is 5.70 Å². The molecule has 0 spiro atoms. The number of carbonyl (C=O) groups excluding carboxylic acids is 2. The topological polar surface area (TPSA) is 81.4 Å². The van der Waals surface area contributed by atoms with Gasteiger partial charge in [0.05, 0.1) is 13.2 Å². The lowest BCUT2D eigenvalue weighted by Crippen LogP contribution is -2.21. The van der Waals surface area contributed by atoms with Crippen LogP contribution >= 0.6 is 0 Å². The molecule has 0 fully saturated rings. The van der Waals surface area contributed by atoms with Crippen LogP contribution in [0.5, 0.6) is 0 Å². The van der Waals surface area contributed by atoms with Crippen molar-refractivity contribution >= 4 is 17.6 Å². The molecule has 0 aliphatic carbocycles. The largest absolute Gasteiger partial charge is 0.466 e. The molecular formula is C13H16N2O3. The number of nitrogens with one attached hydrogen (secondary N) is 1. The average molecular weight is 248 g/mol. The number of hydrogen-bond acceptors (Lipinski definition) is 4. The van der Waals surface area contributed by atoms with Crippen LogP contribution in [-0.4, -0.2) is 19.0 Å². The molecule has 0 aromatic heterocycles. The van der Waals surface area contributed by atoms with Crippen LogP contribution in [0.25, 0.3) is 0 Å². The van der Waals surface area contributed by atoms with E-state index >= 15 is 0 Å². The Morgan fingerprint density at radius 3 is 2.22 bits per heavy atom. The summed E-state index contributed by atoms with van der Waals surface area (Å²) in [7, 11) is 1.23. The zero-order chi connectivity index (χ0) is 13.7. The number of aryl methyl sites for hydroxylation is 2. The lowest BCUT2D eigenvalue weighted by atomic mass is 10.1. The summed E-state index contributed by atoms with van der Waals surface area (Å²) in [6.07, 6.45) is 1.03. The average Bonchev–Trinajstić information content (AvgIpc) is 2.26. The Kier molecular flexibility index (Phi) is 4.48. The number of primary amides is 1. The van der Waals surface area contributed by atoms with Gasteiger partial charge in [-0.2, -0.15) is 0 Å². The molecule has 0 aliphatic rings. The molecule has 0 saturated carbocycles. The Labute approximate surface area is 106 Å². The molecule has 1 amide bonds. The molecule has 0 radical (unpaired) electrons. The van der Waals surface area contributed by atoms with Crippen molar-refractivity contribution in [2.45, 2.75) is 13.8 Å². The molecule has 18 heavy (non-hydrogen) atoms. The Hall–Kier alpha value is -2.30. The summed E-state index contributed by atoms with van der Waals surface area (Å²) >= 11 is 0. The third-order valence-corrected chi connectivity index (χ3v) is 2.23. The molecular weight excluding hydrogens is 232 g/mol. The Morgan fingerprint density at radius 1 is 1.22 bits per heavy atom. The number of hydrogen-bond donors (Lipinski definition) is 2. The van der Waals surface area contributed by atoms with E-state index in [0.717, 1.165) is 17.2 Å². The highest BCUT2D eigenvalue weighted by molar-refractivity contribution is 6.00. The van der Waals surface area contributed by atoms with E-state index in [4.69, 9.17) is 5.73 Å². The zero-order valence-electron chi connectivity index (χ0n) is 10.6. The number of anilines is 1. The summed E-state index contributed by atoms with van der Waals surface area (Å²) in [4.78, 5) is 22.3. The summed E-state index contributed by atoms with van der Waals surface area (Å²) in [5, 5.41) is 2.81. The second kappa shape index (κ2) is 5.86. The summed E-state index contributed by atoms with van der Waals surface area (Å²) < 4.78 is 4.45. The first-order valence-electron chi connectivity index (χ1n) is 5.37. The molecule has 0 heterocycles. The van der Waals surface area contributed by atoms with Gasteiger partial charge >= 0.3 is 5.97 Å². The normalized spacial score (nSPS) is 10.9. The molecule has 0 bridgehead atoms. The molecule has 1 aromatic carbocycles. The van der Waals surface area contributed by atoms with E-state index in [1.165, 1.54) is 7.11 Å². The van der Waals surface area contributed by atoms with E-state index in [1.54, 1.807) is 0 Å². The van der Waals surface area contributed by atoms with E-state index in [9.17, 15) is 9.59 Å². The van der Waals surface area contributed by atoms with Crippen LogP contribution in [0.15, 0.2) is 30.0 Å². The van der Waals surface area contributed by atoms with E-state index < -0.39 is 11.9 Å². The molecule has 1 rings (SSSR count). The van der Waals surface area contributed by atoms with Gasteiger partial charge in [0.2, 0.25) is 0 Å². The van der Waals surface area contributed by atoms with E-state index in [0.29, 0.717) is 5.69 Å². The minimum atomic E-state index is -0.723. The van der Waals surface area contributed by atoms with Gasteiger partial charge in [0, 0.05) is 5.69 Å². The number of ether oxygens (including phenoxy) is 1. The molecule has 0 unspecified atom stereocenters. The molecule has 5 heteroatoms. The third kappa shape index (κ3) is 3.93.